The maximum absolute atomic E-state index is 4.27. The molecule has 0 aliphatic heterocycles. The molecule has 0 aliphatic carbocycles. The molecule has 0 radical (unpaired) electrons. The summed E-state index contributed by atoms with van der Waals surface area (Å²) >= 11 is 0. The van der Waals surface area contributed by atoms with Crippen LogP contribution in [-0.2, 0) is 6.42 Å². The van der Waals surface area contributed by atoms with Gasteiger partial charge in [-0.15, -0.1) is 0 Å². The van der Waals surface area contributed by atoms with Gasteiger partial charge in [-0.2, -0.15) is 0 Å². The Hall–Kier alpha value is -1.55. The summed E-state index contributed by atoms with van der Waals surface area (Å²) < 4.78 is 0. The smallest absolute Gasteiger partial charge is 0.191 e. The first-order valence-electron chi connectivity index (χ1n) is 7.67. The molecule has 0 heterocycles. The van der Waals surface area contributed by atoms with Crippen LogP contribution in [0.3, 0.4) is 0 Å². The van der Waals surface area contributed by atoms with Crippen LogP contribution in [-0.4, -0.2) is 51.1 Å². The number of nitrogens with zero attached hydrogens (tertiary/aromatic N) is 2. The van der Waals surface area contributed by atoms with Gasteiger partial charge < -0.3 is 15.5 Å². The topological polar surface area (TPSA) is 39.7 Å². The molecule has 0 aromatic heterocycles. The van der Waals surface area contributed by atoms with Crippen molar-refractivity contribution in [2.24, 2.45) is 10.9 Å². The highest BCUT2D eigenvalue weighted by Gasteiger charge is 2.13. The number of aliphatic imine (C=N–C) groups is 1. The highest BCUT2D eigenvalue weighted by molar-refractivity contribution is 5.79. The summed E-state index contributed by atoms with van der Waals surface area (Å²) in [7, 11) is 6.07. The Morgan fingerprint density at radius 2 is 1.71 bits per heavy atom. The Kier molecular flexibility index (Phi) is 7.83. The van der Waals surface area contributed by atoms with Gasteiger partial charge >= 0.3 is 0 Å². The lowest BCUT2D eigenvalue weighted by molar-refractivity contribution is 0.290. The summed E-state index contributed by atoms with van der Waals surface area (Å²) in [4.78, 5) is 6.53. The average Bonchev–Trinajstić information content (AvgIpc) is 2.46. The summed E-state index contributed by atoms with van der Waals surface area (Å²) in [5.41, 5.74) is 1.36. The Balaban J connectivity index is 2.51. The lowest BCUT2D eigenvalue weighted by Gasteiger charge is -2.26. The van der Waals surface area contributed by atoms with Gasteiger partial charge in [0.15, 0.2) is 5.96 Å². The highest BCUT2D eigenvalue weighted by Crippen LogP contribution is 2.06. The van der Waals surface area contributed by atoms with Crippen LogP contribution in [0.25, 0.3) is 0 Å². The lowest BCUT2D eigenvalue weighted by atomic mass is 10.1. The normalized spacial score (nSPS) is 13.6. The van der Waals surface area contributed by atoms with Gasteiger partial charge in [0.2, 0.25) is 0 Å². The van der Waals surface area contributed by atoms with Crippen LogP contribution in [0.2, 0.25) is 0 Å². The first kappa shape index (κ1) is 17.5. The van der Waals surface area contributed by atoms with Crippen molar-refractivity contribution < 1.29 is 0 Å². The molecule has 1 aromatic rings. The van der Waals surface area contributed by atoms with E-state index in [4.69, 9.17) is 0 Å². The van der Waals surface area contributed by atoms with Gasteiger partial charge in [-0.3, -0.25) is 4.99 Å². The van der Waals surface area contributed by atoms with Gasteiger partial charge in [0.05, 0.1) is 0 Å². The van der Waals surface area contributed by atoms with Crippen molar-refractivity contribution in [1.82, 2.24) is 15.5 Å². The van der Waals surface area contributed by atoms with E-state index in [2.05, 4.69) is 78.8 Å². The summed E-state index contributed by atoms with van der Waals surface area (Å²) in [6.45, 7) is 6.20. The predicted molar refractivity (Wildman–Crippen MR) is 91.8 cm³/mol. The average molecular weight is 290 g/mol. The fourth-order valence-electron chi connectivity index (χ4n) is 2.06. The molecule has 4 nitrogen and oxygen atoms in total. The third-order valence-corrected chi connectivity index (χ3v) is 3.45. The van der Waals surface area contributed by atoms with Crippen molar-refractivity contribution in [3.8, 4) is 0 Å². The molecule has 0 amide bonds. The van der Waals surface area contributed by atoms with Crippen LogP contribution in [0.15, 0.2) is 35.3 Å². The Bertz CT molecular complexity index is 412. The van der Waals surface area contributed by atoms with Crippen molar-refractivity contribution in [2.45, 2.75) is 26.3 Å². The molecule has 0 spiro atoms. The van der Waals surface area contributed by atoms with Gasteiger partial charge in [-0.05, 0) is 32.0 Å². The summed E-state index contributed by atoms with van der Waals surface area (Å²) in [5, 5.41) is 6.77. The summed E-state index contributed by atoms with van der Waals surface area (Å²) in [6, 6.07) is 11.1. The molecule has 4 heteroatoms. The molecule has 1 rings (SSSR count). The lowest BCUT2D eigenvalue weighted by Crippen LogP contribution is -2.46. The number of guanidine groups is 1. The molecule has 1 atom stereocenters. The van der Waals surface area contributed by atoms with E-state index in [-0.39, 0.29) is 0 Å². The minimum atomic E-state index is 0.435. The molecule has 0 fully saturated rings. The molecule has 1 aromatic carbocycles. The first-order chi connectivity index (χ1) is 10.0. The summed E-state index contributed by atoms with van der Waals surface area (Å²) in [5.74, 6) is 1.49. The largest absolute Gasteiger partial charge is 0.356 e. The zero-order valence-corrected chi connectivity index (χ0v) is 14.1. The number of likely N-dealkylation sites (N-methyl/N-ethyl adjacent to an activating group) is 1. The van der Waals surface area contributed by atoms with Crippen molar-refractivity contribution >= 4 is 5.96 Å². The van der Waals surface area contributed by atoms with Crippen molar-refractivity contribution in [2.75, 3.05) is 34.2 Å². The van der Waals surface area contributed by atoms with E-state index in [9.17, 15) is 0 Å². The Morgan fingerprint density at radius 3 is 2.24 bits per heavy atom. The molecule has 0 saturated carbocycles. The van der Waals surface area contributed by atoms with E-state index < -0.39 is 0 Å². The second kappa shape index (κ2) is 9.40. The van der Waals surface area contributed by atoms with Crippen LogP contribution in [0.4, 0.5) is 0 Å². The number of hydrogen-bond donors (Lipinski definition) is 2. The van der Waals surface area contributed by atoms with Crippen LogP contribution < -0.4 is 10.6 Å². The number of nitrogens with one attached hydrogen (secondary N) is 2. The molecular formula is C17H30N4. The van der Waals surface area contributed by atoms with Crippen LogP contribution >= 0.6 is 0 Å². The molecular weight excluding hydrogens is 260 g/mol. The van der Waals surface area contributed by atoms with Crippen LogP contribution in [0.1, 0.15) is 19.4 Å². The van der Waals surface area contributed by atoms with Gasteiger partial charge in [0, 0.05) is 26.2 Å². The fourth-order valence-corrected chi connectivity index (χ4v) is 2.06. The summed E-state index contributed by atoms with van der Waals surface area (Å²) in [6.07, 6.45) is 1.03. The molecule has 21 heavy (non-hydrogen) atoms. The number of benzene rings is 1. The minimum Gasteiger partial charge on any atom is -0.356 e. The second-order valence-electron chi connectivity index (χ2n) is 6.04. The second-order valence-corrected chi connectivity index (χ2v) is 6.04. The quantitative estimate of drug-likeness (QED) is 0.596. The van der Waals surface area contributed by atoms with E-state index in [1.165, 1.54) is 5.56 Å². The molecule has 0 saturated heterocycles. The number of hydrogen-bond acceptors (Lipinski definition) is 2. The van der Waals surface area contributed by atoms with Crippen LogP contribution in [0.5, 0.6) is 0 Å². The first-order valence-corrected chi connectivity index (χ1v) is 7.67. The molecule has 1 unspecified atom stereocenters. The van der Waals surface area contributed by atoms with Gasteiger partial charge in [0.1, 0.15) is 0 Å². The standard InChI is InChI=1S/C17H30N4/c1-14(2)12-19-17(18-3)20-13-16(21(4)5)11-15-9-7-6-8-10-15/h6-10,14,16H,11-13H2,1-5H3,(H2,18,19,20). The maximum Gasteiger partial charge on any atom is 0.191 e. The van der Waals surface area contributed by atoms with Crippen molar-refractivity contribution in [1.29, 1.82) is 0 Å². The van der Waals surface area contributed by atoms with E-state index in [1.807, 2.05) is 7.05 Å². The third kappa shape index (κ3) is 7.14. The minimum absolute atomic E-state index is 0.435. The monoisotopic (exact) mass is 290 g/mol. The SMILES string of the molecule is CN=C(NCC(C)C)NCC(Cc1ccccc1)N(C)C. The van der Waals surface area contributed by atoms with Crippen molar-refractivity contribution in [3.05, 3.63) is 35.9 Å². The molecule has 0 aliphatic rings. The predicted octanol–water partition coefficient (Wildman–Crippen LogP) is 1.98. The van der Waals surface area contributed by atoms with Gasteiger partial charge in [0.25, 0.3) is 0 Å². The molecule has 0 bridgehead atoms. The molecule has 2 N–H and O–H groups in total. The van der Waals surface area contributed by atoms with Crippen molar-refractivity contribution in [3.63, 3.8) is 0 Å². The third-order valence-electron chi connectivity index (χ3n) is 3.45. The van der Waals surface area contributed by atoms with Crippen LogP contribution in [0, 0.1) is 5.92 Å². The maximum atomic E-state index is 4.27. The van der Waals surface area contributed by atoms with E-state index >= 15 is 0 Å². The van der Waals surface area contributed by atoms with Gasteiger partial charge in [-0.1, -0.05) is 44.2 Å². The Labute approximate surface area is 129 Å². The van der Waals surface area contributed by atoms with E-state index in [0.29, 0.717) is 12.0 Å². The zero-order valence-electron chi connectivity index (χ0n) is 14.1. The fraction of sp³-hybridized carbons (Fsp3) is 0.588. The van der Waals surface area contributed by atoms with E-state index in [1.54, 1.807) is 0 Å². The highest BCUT2D eigenvalue weighted by atomic mass is 15.2. The Morgan fingerprint density at radius 1 is 1.10 bits per heavy atom. The number of rotatable bonds is 7. The van der Waals surface area contributed by atoms with Gasteiger partial charge in [-0.25, -0.2) is 0 Å². The van der Waals surface area contributed by atoms with E-state index in [0.717, 1.165) is 25.5 Å². The molecule has 118 valence electrons. The zero-order chi connectivity index (χ0) is 15.7.